The second kappa shape index (κ2) is 10.4. The fourth-order valence-corrected chi connectivity index (χ4v) is 4.75. The summed E-state index contributed by atoms with van der Waals surface area (Å²) >= 11 is 0. The molecule has 0 spiro atoms. The molecule has 2 amide bonds. The highest BCUT2D eigenvalue weighted by atomic mass is 16.3. The third-order valence-corrected chi connectivity index (χ3v) is 6.81. The van der Waals surface area contributed by atoms with Gasteiger partial charge in [0.15, 0.2) is 0 Å². The molecule has 4 aromatic rings. The minimum absolute atomic E-state index is 0.0522. The maximum atomic E-state index is 13.9. The number of phenolic OH excluding ortho intramolecular Hbond substituents is 1. The molecule has 5 rings (SSSR count). The molecule has 1 unspecified atom stereocenters. The monoisotopic (exact) mass is 494 g/mol. The maximum absolute atomic E-state index is 13.9. The first-order chi connectivity index (χ1) is 17.9. The Bertz CT molecular complexity index is 1430. The first kappa shape index (κ1) is 24.4. The number of nitrogens with zero attached hydrogens (tertiary/aromatic N) is 3. The molecule has 1 aromatic heterocycles. The number of carbonyl (C=O) groups is 2. The van der Waals surface area contributed by atoms with Crippen molar-refractivity contribution in [2.24, 2.45) is 11.7 Å². The smallest absolute Gasteiger partial charge is 0.254 e. The van der Waals surface area contributed by atoms with E-state index in [0.29, 0.717) is 28.7 Å². The van der Waals surface area contributed by atoms with Crippen molar-refractivity contribution in [3.8, 4) is 5.75 Å². The molecular formula is C30H30N4O3. The van der Waals surface area contributed by atoms with Crippen molar-refractivity contribution in [1.82, 2.24) is 14.9 Å². The van der Waals surface area contributed by atoms with Crippen LogP contribution in [0.3, 0.4) is 0 Å². The van der Waals surface area contributed by atoms with Gasteiger partial charge in [-0.25, -0.2) is 9.97 Å². The van der Waals surface area contributed by atoms with Gasteiger partial charge in [-0.3, -0.25) is 9.59 Å². The number of aryl methyl sites for hydroxylation is 1. The average molecular weight is 495 g/mol. The Morgan fingerprint density at radius 3 is 2.41 bits per heavy atom. The fourth-order valence-electron chi connectivity index (χ4n) is 4.75. The van der Waals surface area contributed by atoms with E-state index in [2.05, 4.69) is 0 Å². The molecule has 188 valence electrons. The average Bonchev–Trinajstić information content (AvgIpc) is 3.72. The summed E-state index contributed by atoms with van der Waals surface area (Å²) in [4.78, 5) is 37.4. The summed E-state index contributed by atoms with van der Waals surface area (Å²) in [5, 5.41) is 10.1. The van der Waals surface area contributed by atoms with E-state index in [9.17, 15) is 14.7 Å². The number of aromatic hydroxyl groups is 1. The lowest BCUT2D eigenvalue weighted by Crippen LogP contribution is -2.39. The Morgan fingerprint density at radius 1 is 1.00 bits per heavy atom. The van der Waals surface area contributed by atoms with Crippen LogP contribution < -0.4 is 5.73 Å². The summed E-state index contributed by atoms with van der Waals surface area (Å²) in [6.07, 6.45) is 2.50. The molecule has 0 aliphatic heterocycles. The summed E-state index contributed by atoms with van der Waals surface area (Å²) in [5.74, 6) is -0.328. The molecule has 1 saturated carbocycles. The summed E-state index contributed by atoms with van der Waals surface area (Å²) in [5.41, 5.74) is 10.9. The number of amides is 2. The molecular weight excluding hydrogens is 464 g/mol. The van der Waals surface area contributed by atoms with Gasteiger partial charge in [-0.05, 0) is 55.5 Å². The van der Waals surface area contributed by atoms with Crippen LogP contribution in [-0.4, -0.2) is 38.3 Å². The Balaban J connectivity index is 1.64. The molecule has 3 aromatic carbocycles. The highest BCUT2D eigenvalue weighted by Gasteiger charge is 2.41. The number of fused-ring (bicyclic) bond motifs is 1. The van der Waals surface area contributed by atoms with Crippen LogP contribution in [0.1, 0.15) is 58.2 Å². The number of benzene rings is 3. The van der Waals surface area contributed by atoms with Gasteiger partial charge in [-0.15, -0.1) is 0 Å². The minimum atomic E-state index is -0.463. The van der Waals surface area contributed by atoms with Crippen molar-refractivity contribution in [2.45, 2.75) is 38.6 Å². The van der Waals surface area contributed by atoms with Crippen LogP contribution in [0.2, 0.25) is 0 Å². The van der Waals surface area contributed by atoms with Gasteiger partial charge in [-0.1, -0.05) is 48.0 Å². The number of primary amides is 1. The Morgan fingerprint density at radius 2 is 1.73 bits per heavy atom. The summed E-state index contributed by atoms with van der Waals surface area (Å²) < 4.78 is 0. The number of carbonyl (C=O) groups excluding carboxylic acids is 2. The first-order valence-corrected chi connectivity index (χ1v) is 12.6. The number of phenols is 1. The van der Waals surface area contributed by atoms with Crippen LogP contribution >= 0.6 is 0 Å². The maximum Gasteiger partial charge on any atom is 0.254 e. The largest absolute Gasteiger partial charge is 0.508 e. The molecule has 1 aliphatic rings. The van der Waals surface area contributed by atoms with E-state index in [4.69, 9.17) is 15.7 Å². The van der Waals surface area contributed by atoms with Crippen molar-refractivity contribution in [3.63, 3.8) is 0 Å². The van der Waals surface area contributed by atoms with Gasteiger partial charge in [-0.2, -0.15) is 0 Å². The number of nitrogens with two attached hydrogens (primary N) is 1. The second-order valence-electron chi connectivity index (χ2n) is 9.75. The molecule has 37 heavy (non-hydrogen) atoms. The van der Waals surface area contributed by atoms with Crippen LogP contribution in [-0.2, 0) is 11.2 Å². The van der Waals surface area contributed by atoms with Gasteiger partial charge in [0.05, 0.1) is 28.5 Å². The lowest BCUT2D eigenvalue weighted by atomic mass is 9.98. The van der Waals surface area contributed by atoms with Crippen LogP contribution in [0.15, 0.2) is 72.8 Å². The molecule has 3 N–H and O–H groups in total. The van der Waals surface area contributed by atoms with Crippen LogP contribution in [0.25, 0.3) is 11.0 Å². The fraction of sp³-hybridized carbons (Fsp3) is 0.267. The van der Waals surface area contributed by atoms with Gasteiger partial charge in [0.2, 0.25) is 5.91 Å². The molecule has 1 atom stereocenters. The molecule has 1 aliphatic carbocycles. The second-order valence-corrected chi connectivity index (χ2v) is 9.75. The lowest BCUT2D eigenvalue weighted by molar-refractivity contribution is -0.118. The van der Waals surface area contributed by atoms with E-state index in [1.165, 1.54) is 0 Å². The van der Waals surface area contributed by atoms with Crippen molar-refractivity contribution in [2.75, 3.05) is 6.54 Å². The van der Waals surface area contributed by atoms with Crippen molar-refractivity contribution >= 4 is 22.8 Å². The molecule has 0 bridgehead atoms. The highest BCUT2D eigenvalue weighted by molar-refractivity contribution is 5.95. The zero-order valence-electron chi connectivity index (χ0n) is 20.8. The zero-order valence-corrected chi connectivity index (χ0v) is 20.8. The number of rotatable bonds is 9. The van der Waals surface area contributed by atoms with E-state index in [1.54, 1.807) is 23.1 Å². The van der Waals surface area contributed by atoms with Gasteiger partial charge >= 0.3 is 0 Å². The quantitative estimate of drug-likeness (QED) is 0.350. The molecule has 7 nitrogen and oxygen atoms in total. The minimum Gasteiger partial charge on any atom is -0.508 e. The zero-order chi connectivity index (χ0) is 25.9. The number of hydrogen-bond acceptors (Lipinski definition) is 5. The van der Waals surface area contributed by atoms with E-state index in [1.807, 2.05) is 61.5 Å². The summed E-state index contributed by atoms with van der Waals surface area (Å²) in [6, 6.07) is 22.0. The van der Waals surface area contributed by atoms with Gasteiger partial charge in [0.25, 0.3) is 5.91 Å². The predicted octanol–water partition coefficient (Wildman–Crippen LogP) is 4.70. The molecule has 0 radical (unpaired) electrons. The predicted molar refractivity (Wildman–Crippen MR) is 142 cm³/mol. The van der Waals surface area contributed by atoms with Crippen LogP contribution in [0.4, 0.5) is 0 Å². The van der Waals surface area contributed by atoms with E-state index < -0.39 is 5.91 Å². The van der Waals surface area contributed by atoms with Crippen molar-refractivity contribution in [3.05, 3.63) is 101 Å². The lowest BCUT2D eigenvalue weighted by Gasteiger charge is -2.33. The Labute approximate surface area is 216 Å². The number of hydrogen-bond donors (Lipinski definition) is 2. The molecule has 1 heterocycles. The van der Waals surface area contributed by atoms with Crippen LogP contribution in [0, 0.1) is 12.8 Å². The van der Waals surface area contributed by atoms with E-state index in [0.717, 1.165) is 29.7 Å². The standard InChI is InChI=1S/C30H30N4O3/c1-19-7-9-22(10-8-19)30(37)34(16-15-27(31)36)29(21-11-12-21)28-26(17-20-5-3-2-4-6-20)32-24-14-13-23(35)18-25(24)33-28/h2-10,13-14,18,21,29,35H,11-12,15-17H2,1H3,(H2,31,36). The number of aromatic nitrogens is 2. The molecule has 0 saturated heterocycles. The normalized spacial score (nSPS) is 13.9. The summed E-state index contributed by atoms with van der Waals surface area (Å²) in [6.45, 7) is 2.16. The molecule has 1 fully saturated rings. The third-order valence-electron chi connectivity index (χ3n) is 6.81. The van der Waals surface area contributed by atoms with Gasteiger partial charge < -0.3 is 15.7 Å². The summed E-state index contributed by atoms with van der Waals surface area (Å²) in [7, 11) is 0. The Kier molecular flexibility index (Phi) is 6.86. The Hall–Kier alpha value is -4.26. The van der Waals surface area contributed by atoms with Crippen LogP contribution in [0.5, 0.6) is 5.75 Å². The molecule has 7 heteroatoms. The third kappa shape index (κ3) is 5.61. The van der Waals surface area contributed by atoms with Crippen molar-refractivity contribution in [1.29, 1.82) is 0 Å². The highest BCUT2D eigenvalue weighted by Crippen LogP contribution is 2.46. The topological polar surface area (TPSA) is 109 Å². The van der Waals surface area contributed by atoms with E-state index >= 15 is 0 Å². The first-order valence-electron chi connectivity index (χ1n) is 12.6. The van der Waals surface area contributed by atoms with Gasteiger partial charge in [0.1, 0.15) is 5.75 Å². The van der Waals surface area contributed by atoms with Gasteiger partial charge in [0, 0.05) is 31.0 Å². The van der Waals surface area contributed by atoms with Crippen molar-refractivity contribution < 1.29 is 14.7 Å². The SMILES string of the molecule is Cc1ccc(C(=O)N(CCC(N)=O)C(c2nc3cc(O)ccc3nc2Cc2ccccc2)C2CC2)cc1. The van der Waals surface area contributed by atoms with E-state index in [-0.39, 0.29) is 36.6 Å².